The zero-order valence-electron chi connectivity index (χ0n) is 12.1. The molecule has 106 valence electrons. The molecule has 1 aromatic rings. The summed E-state index contributed by atoms with van der Waals surface area (Å²) in [6.07, 6.45) is 6.75. The van der Waals surface area contributed by atoms with Crippen molar-refractivity contribution in [1.29, 1.82) is 0 Å². The first-order chi connectivity index (χ1) is 9.26. The van der Waals surface area contributed by atoms with Gasteiger partial charge in [-0.25, -0.2) is 4.98 Å². The summed E-state index contributed by atoms with van der Waals surface area (Å²) in [6.45, 7) is 7.80. The van der Waals surface area contributed by atoms with Crippen LogP contribution in [-0.2, 0) is 6.54 Å². The normalized spacial score (nSPS) is 18.8. The van der Waals surface area contributed by atoms with Crippen molar-refractivity contribution in [2.24, 2.45) is 5.92 Å². The average Bonchev–Trinajstić information content (AvgIpc) is 3.28. The number of anilines is 1. The van der Waals surface area contributed by atoms with E-state index in [0.717, 1.165) is 25.0 Å². The third-order valence-electron chi connectivity index (χ3n) is 3.95. The lowest BCUT2D eigenvalue weighted by Gasteiger charge is -2.20. The molecule has 3 nitrogen and oxygen atoms in total. The third-order valence-corrected chi connectivity index (χ3v) is 5.17. The Morgan fingerprint density at radius 3 is 2.74 bits per heavy atom. The van der Waals surface area contributed by atoms with Gasteiger partial charge in [-0.2, -0.15) is 0 Å². The van der Waals surface area contributed by atoms with Gasteiger partial charge in [0.15, 0.2) is 5.13 Å². The van der Waals surface area contributed by atoms with E-state index in [-0.39, 0.29) is 0 Å². The first-order valence-corrected chi connectivity index (χ1v) is 8.52. The smallest absolute Gasteiger partial charge is 0.185 e. The predicted octanol–water partition coefficient (Wildman–Crippen LogP) is 3.33. The minimum atomic E-state index is 0.781. The van der Waals surface area contributed by atoms with E-state index in [4.69, 9.17) is 4.98 Å². The molecule has 0 spiro atoms. The van der Waals surface area contributed by atoms with Gasteiger partial charge in [0, 0.05) is 30.6 Å². The number of nitrogens with zero attached hydrogens (tertiary/aromatic N) is 2. The molecule has 4 heteroatoms. The second-order valence-electron chi connectivity index (χ2n) is 6.05. The largest absolute Gasteiger partial charge is 0.348 e. The fourth-order valence-corrected chi connectivity index (χ4v) is 3.43. The number of nitrogens with one attached hydrogen (secondary N) is 1. The highest BCUT2D eigenvalue weighted by Gasteiger charge is 2.26. The van der Waals surface area contributed by atoms with Gasteiger partial charge in [-0.05, 0) is 44.9 Å². The highest BCUT2D eigenvalue weighted by atomic mass is 32.1. The maximum atomic E-state index is 4.81. The Bertz CT molecular complexity index is 421. The molecule has 3 rings (SSSR count). The van der Waals surface area contributed by atoms with Crippen LogP contribution in [0.2, 0.25) is 0 Å². The average molecular weight is 279 g/mol. The first kappa shape index (κ1) is 13.4. The first-order valence-electron chi connectivity index (χ1n) is 7.71. The van der Waals surface area contributed by atoms with Gasteiger partial charge in [0.1, 0.15) is 0 Å². The molecular formula is C15H25N3S. The molecule has 1 N–H and O–H groups in total. The van der Waals surface area contributed by atoms with Gasteiger partial charge in [-0.1, -0.05) is 6.92 Å². The van der Waals surface area contributed by atoms with Crippen LogP contribution in [0.4, 0.5) is 5.13 Å². The van der Waals surface area contributed by atoms with E-state index in [0.29, 0.717) is 0 Å². The van der Waals surface area contributed by atoms with Crippen molar-refractivity contribution in [2.75, 3.05) is 18.0 Å². The second kappa shape index (κ2) is 5.80. The molecule has 0 aromatic carbocycles. The number of rotatable bonds is 8. The van der Waals surface area contributed by atoms with Crippen LogP contribution >= 0.6 is 11.3 Å². The van der Waals surface area contributed by atoms with E-state index in [9.17, 15) is 0 Å². The molecule has 0 saturated heterocycles. The summed E-state index contributed by atoms with van der Waals surface area (Å²) in [4.78, 5) is 8.75. The number of hydrogen-bond acceptors (Lipinski definition) is 4. The topological polar surface area (TPSA) is 28.2 Å². The third kappa shape index (κ3) is 3.69. The van der Waals surface area contributed by atoms with Crippen molar-refractivity contribution in [3.05, 3.63) is 10.6 Å². The summed E-state index contributed by atoms with van der Waals surface area (Å²) in [7, 11) is 0. The van der Waals surface area contributed by atoms with Crippen molar-refractivity contribution in [1.82, 2.24) is 10.3 Å². The number of aryl methyl sites for hydroxylation is 1. The van der Waals surface area contributed by atoms with Crippen molar-refractivity contribution >= 4 is 16.5 Å². The molecule has 0 atom stereocenters. The number of hydrogen-bond donors (Lipinski definition) is 1. The van der Waals surface area contributed by atoms with Crippen LogP contribution < -0.4 is 10.2 Å². The molecule has 0 aliphatic heterocycles. The number of aromatic nitrogens is 1. The number of thiazole rings is 1. The Balaban J connectivity index is 1.64. The van der Waals surface area contributed by atoms with E-state index in [1.54, 1.807) is 0 Å². The highest BCUT2D eigenvalue weighted by Crippen LogP contribution is 2.34. The van der Waals surface area contributed by atoms with Crippen LogP contribution in [-0.4, -0.2) is 24.1 Å². The molecule has 2 saturated carbocycles. The summed E-state index contributed by atoms with van der Waals surface area (Å²) in [5.74, 6) is 0.934. The molecule has 19 heavy (non-hydrogen) atoms. The van der Waals surface area contributed by atoms with E-state index in [1.807, 2.05) is 11.3 Å². The molecule has 0 radical (unpaired) electrons. The summed E-state index contributed by atoms with van der Waals surface area (Å²) < 4.78 is 0. The molecule has 2 aliphatic rings. The summed E-state index contributed by atoms with van der Waals surface area (Å²) >= 11 is 1.90. The Labute approximate surface area is 120 Å². The molecular weight excluding hydrogens is 254 g/mol. The Morgan fingerprint density at radius 2 is 2.11 bits per heavy atom. The van der Waals surface area contributed by atoms with Gasteiger partial charge in [-0.15, -0.1) is 11.3 Å². The molecule has 1 aromatic heterocycles. The van der Waals surface area contributed by atoms with Gasteiger partial charge in [-0.3, -0.25) is 0 Å². The minimum absolute atomic E-state index is 0.781. The standard InChI is InChI=1S/C15H25N3S/c1-3-8-18(10-12-4-5-12)15-17-11(2)14(19-15)9-16-13-6-7-13/h12-13,16H,3-10H2,1-2H3. The van der Waals surface area contributed by atoms with E-state index >= 15 is 0 Å². The minimum Gasteiger partial charge on any atom is -0.348 e. The van der Waals surface area contributed by atoms with Crippen LogP contribution in [0.25, 0.3) is 0 Å². The lowest BCUT2D eigenvalue weighted by Crippen LogP contribution is -2.26. The lowest BCUT2D eigenvalue weighted by atomic mass is 10.3. The van der Waals surface area contributed by atoms with Gasteiger partial charge in [0.05, 0.1) is 5.69 Å². The van der Waals surface area contributed by atoms with Crippen LogP contribution in [0.1, 0.15) is 49.6 Å². The Hall–Kier alpha value is -0.610. The second-order valence-corrected chi connectivity index (χ2v) is 7.11. The van der Waals surface area contributed by atoms with E-state index in [2.05, 4.69) is 24.1 Å². The molecule has 2 fully saturated rings. The highest BCUT2D eigenvalue weighted by molar-refractivity contribution is 7.15. The van der Waals surface area contributed by atoms with E-state index in [1.165, 1.54) is 54.4 Å². The molecule has 1 heterocycles. The van der Waals surface area contributed by atoms with Crippen molar-refractivity contribution < 1.29 is 0 Å². The zero-order valence-corrected chi connectivity index (χ0v) is 12.9. The lowest BCUT2D eigenvalue weighted by molar-refractivity contribution is 0.691. The zero-order chi connectivity index (χ0) is 13.2. The van der Waals surface area contributed by atoms with Crippen molar-refractivity contribution in [2.45, 2.75) is 58.5 Å². The summed E-state index contributed by atoms with van der Waals surface area (Å²) in [5, 5.41) is 4.85. The maximum absolute atomic E-state index is 4.81. The Morgan fingerprint density at radius 1 is 1.32 bits per heavy atom. The van der Waals surface area contributed by atoms with E-state index < -0.39 is 0 Å². The SMILES string of the molecule is CCCN(CC1CC1)c1nc(C)c(CNC2CC2)s1. The molecule has 0 amide bonds. The fraction of sp³-hybridized carbons (Fsp3) is 0.800. The quantitative estimate of drug-likeness (QED) is 0.791. The fourth-order valence-electron chi connectivity index (χ4n) is 2.38. The molecule has 0 unspecified atom stereocenters. The van der Waals surface area contributed by atoms with Crippen LogP contribution in [0.15, 0.2) is 0 Å². The van der Waals surface area contributed by atoms with Crippen molar-refractivity contribution in [3.8, 4) is 0 Å². The molecule has 2 aliphatic carbocycles. The van der Waals surface area contributed by atoms with Crippen molar-refractivity contribution in [3.63, 3.8) is 0 Å². The summed E-state index contributed by atoms with van der Waals surface area (Å²) in [5.41, 5.74) is 1.23. The van der Waals surface area contributed by atoms with Crippen LogP contribution in [0.3, 0.4) is 0 Å². The van der Waals surface area contributed by atoms with Gasteiger partial charge in [0.2, 0.25) is 0 Å². The predicted molar refractivity (Wildman–Crippen MR) is 81.9 cm³/mol. The van der Waals surface area contributed by atoms with Gasteiger partial charge >= 0.3 is 0 Å². The van der Waals surface area contributed by atoms with Crippen LogP contribution in [0, 0.1) is 12.8 Å². The molecule has 0 bridgehead atoms. The summed E-state index contributed by atoms with van der Waals surface area (Å²) in [6, 6.07) is 0.781. The van der Waals surface area contributed by atoms with Gasteiger partial charge < -0.3 is 10.2 Å². The maximum Gasteiger partial charge on any atom is 0.185 e. The Kier molecular flexibility index (Phi) is 4.08. The van der Waals surface area contributed by atoms with Gasteiger partial charge in [0.25, 0.3) is 0 Å². The van der Waals surface area contributed by atoms with Crippen LogP contribution in [0.5, 0.6) is 0 Å². The monoisotopic (exact) mass is 279 g/mol.